The minimum absolute atomic E-state index is 0.0240. The smallest absolute Gasteiger partial charge is 0.123 e. The van der Waals surface area contributed by atoms with Gasteiger partial charge in [-0.3, -0.25) is 0 Å². The van der Waals surface area contributed by atoms with Crippen molar-refractivity contribution in [2.24, 2.45) is 5.92 Å². The highest BCUT2D eigenvalue weighted by Gasteiger charge is 2.25. The van der Waals surface area contributed by atoms with Crippen LogP contribution < -0.4 is 5.32 Å². The van der Waals surface area contributed by atoms with Crippen molar-refractivity contribution in [2.45, 2.75) is 39.3 Å². The molecule has 0 aliphatic heterocycles. The first kappa shape index (κ1) is 14.1. The summed E-state index contributed by atoms with van der Waals surface area (Å²) >= 11 is 0. The lowest BCUT2D eigenvalue weighted by molar-refractivity contribution is 0.0122. The number of rotatable bonds is 5. The fourth-order valence-corrected chi connectivity index (χ4v) is 1.46. The predicted octanol–water partition coefficient (Wildman–Crippen LogP) is 2.88. The summed E-state index contributed by atoms with van der Waals surface area (Å²) in [5.41, 5.74) is 0.145. The Morgan fingerprint density at radius 3 is 2.53 bits per heavy atom. The van der Waals surface area contributed by atoms with Gasteiger partial charge < -0.3 is 10.4 Å². The Bertz CT molecular complexity index is 363. The topological polar surface area (TPSA) is 32.3 Å². The van der Waals surface area contributed by atoms with Crippen LogP contribution in [0.1, 0.15) is 39.3 Å². The monoisotopic (exact) mass is 239 g/mol. The number of hydrogen-bond donors (Lipinski definition) is 2. The lowest BCUT2D eigenvalue weighted by atomic mass is 9.92. The van der Waals surface area contributed by atoms with Crippen LogP contribution in [-0.2, 0) is 0 Å². The van der Waals surface area contributed by atoms with E-state index in [0.29, 0.717) is 6.54 Å². The lowest BCUT2D eigenvalue weighted by Crippen LogP contribution is -2.42. The van der Waals surface area contributed by atoms with Crippen LogP contribution in [0.4, 0.5) is 4.39 Å². The molecule has 3 heteroatoms. The Morgan fingerprint density at radius 2 is 2.00 bits per heavy atom. The highest BCUT2D eigenvalue weighted by molar-refractivity contribution is 5.19. The molecular weight excluding hydrogens is 217 g/mol. The van der Waals surface area contributed by atoms with Crippen molar-refractivity contribution in [1.29, 1.82) is 0 Å². The first-order valence-electron chi connectivity index (χ1n) is 6.04. The third-order valence-electron chi connectivity index (χ3n) is 3.36. The lowest BCUT2D eigenvalue weighted by Gasteiger charge is -2.29. The average molecular weight is 239 g/mol. The molecule has 0 spiro atoms. The van der Waals surface area contributed by atoms with Crippen LogP contribution in [0.2, 0.25) is 0 Å². The van der Waals surface area contributed by atoms with Gasteiger partial charge in [0.2, 0.25) is 0 Å². The first-order valence-corrected chi connectivity index (χ1v) is 6.04. The molecule has 0 saturated carbocycles. The van der Waals surface area contributed by atoms with Gasteiger partial charge >= 0.3 is 0 Å². The quantitative estimate of drug-likeness (QED) is 0.828. The molecule has 0 bridgehead atoms. The number of benzene rings is 1. The van der Waals surface area contributed by atoms with E-state index in [1.54, 1.807) is 6.07 Å². The van der Waals surface area contributed by atoms with Gasteiger partial charge in [0.1, 0.15) is 5.82 Å². The second-order valence-corrected chi connectivity index (χ2v) is 5.17. The van der Waals surface area contributed by atoms with Crippen LogP contribution in [0.15, 0.2) is 24.3 Å². The third-order valence-corrected chi connectivity index (χ3v) is 3.36. The Labute approximate surface area is 103 Å². The Kier molecular flexibility index (Phi) is 4.66. The number of aliphatic hydroxyl groups is 1. The summed E-state index contributed by atoms with van der Waals surface area (Å²) in [5, 5.41) is 13.3. The first-order chi connectivity index (χ1) is 7.83. The van der Waals surface area contributed by atoms with Crippen molar-refractivity contribution in [3.63, 3.8) is 0 Å². The predicted molar refractivity (Wildman–Crippen MR) is 68.3 cm³/mol. The van der Waals surface area contributed by atoms with Gasteiger partial charge in [-0.2, -0.15) is 0 Å². The van der Waals surface area contributed by atoms with Gasteiger partial charge in [0, 0.05) is 12.6 Å². The van der Waals surface area contributed by atoms with Crippen molar-refractivity contribution in [3.05, 3.63) is 35.6 Å². The van der Waals surface area contributed by atoms with Gasteiger partial charge in [-0.1, -0.05) is 26.0 Å². The molecule has 2 atom stereocenters. The zero-order valence-electron chi connectivity index (χ0n) is 11.0. The van der Waals surface area contributed by atoms with Crippen LogP contribution in [-0.4, -0.2) is 17.3 Å². The normalized spacial score (nSPS) is 16.9. The molecule has 0 amide bonds. The van der Waals surface area contributed by atoms with Gasteiger partial charge in [0.25, 0.3) is 0 Å². The summed E-state index contributed by atoms with van der Waals surface area (Å²) < 4.78 is 13.1. The Hall–Kier alpha value is -0.930. The molecule has 17 heavy (non-hydrogen) atoms. The zero-order chi connectivity index (χ0) is 13.1. The fourth-order valence-electron chi connectivity index (χ4n) is 1.46. The van der Waals surface area contributed by atoms with E-state index in [-0.39, 0.29) is 17.8 Å². The molecule has 96 valence electrons. The van der Waals surface area contributed by atoms with Crippen molar-refractivity contribution in [2.75, 3.05) is 6.54 Å². The van der Waals surface area contributed by atoms with E-state index >= 15 is 0 Å². The number of nitrogens with one attached hydrogen (secondary N) is 1. The van der Waals surface area contributed by atoms with Crippen LogP contribution in [0, 0.1) is 11.7 Å². The van der Waals surface area contributed by atoms with Gasteiger partial charge in [0.05, 0.1) is 5.60 Å². The van der Waals surface area contributed by atoms with E-state index < -0.39 is 5.60 Å². The van der Waals surface area contributed by atoms with Gasteiger partial charge in [-0.05, 0) is 37.5 Å². The molecule has 0 aliphatic carbocycles. The van der Waals surface area contributed by atoms with Crippen LogP contribution in [0.25, 0.3) is 0 Å². The molecule has 0 heterocycles. The molecule has 0 radical (unpaired) electrons. The summed E-state index contributed by atoms with van der Waals surface area (Å²) in [4.78, 5) is 0. The molecule has 2 nitrogen and oxygen atoms in total. The molecule has 1 aromatic carbocycles. The SMILES string of the molecule is CC(C)C(C)(O)CN[C@@H](C)c1cccc(F)c1. The van der Waals surface area contributed by atoms with Crippen LogP contribution >= 0.6 is 0 Å². The highest BCUT2D eigenvalue weighted by atomic mass is 19.1. The van der Waals surface area contributed by atoms with E-state index in [2.05, 4.69) is 5.32 Å². The molecule has 1 unspecified atom stereocenters. The summed E-state index contributed by atoms with van der Waals surface area (Å²) in [6.45, 7) is 8.22. The van der Waals surface area contributed by atoms with E-state index in [9.17, 15) is 9.50 Å². The van der Waals surface area contributed by atoms with Crippen molar-refractivity contribution in [3.8, 4) is 0 Å². The second-order valence-electron chi connectivity index (χ2n) is 5.17. The zero-order valence-corrected chi connectivity index (χ0v) is 11.0. The highest BCUT2D eigenvalue weighted by Crippen LogP contribution is 2.18. The minimum atomic E-state index is -0.748. The van der Waals surface area contributed by atoms with E-state index in [0.717, 1.165) is 5.56 Å². The van der Waals surface area contributed by atoms with E-state index in [4.69, 9.17) is 0 Å². The third kappa shape index (κ3) is 4.10. The van der Waals surface area contributed by atoms with Crippen molar-refractivity contribution >= 4 is 0 Å². The summed E-state index contributed by atoms with van der Waals surface area (Å²) in [5.74, 6) is -0.0542. The molecule has 0 fully saturated rings. The van der Waals surface area contributed by atoms with Gasteiger partial charge in [-0.25, -0.2) is 4.39 Å². The maximum absolute atomic E-state index is 13.1. The van der Waals surface area contributed by atoms with Gasteiger partial charge in [0.15, 0.2) is 0 Å². The molecule has 1 rings (SSSR count). The summed E-state index contributed by atoms with van der Waals surface area (Å²) in [6, 6.07) is 6.55. The Balaban J connectivity index is 2.59. The van der Waals surface area contributed by atoms with Crippen LogP contribution in [0.5, 0.6) is 0 Å². The second kappa shape index (κ2) is 5.61. The number of halogens is 1. The van der Waals surface area contributed by atoms with E-state index in [1.807, 2.05) is 33.8 Å². The summed E-state index contributed by atoms with van der Waals surface area (Å²) in [7, 11) is 0. The van der Waals surface area contributed by atoms with E-state index in [1.165, 1.54) is 12.1 Å². The van der Waals surface area contributed by atoms with Gasteiger partial charge in [-0.15, -0.1) is 0 Å². The molecule has 2 N–H and O–H groups in total. The Morgan fingerprint density at radius 1 is 1.35 bits per heavy atom. The minimum Gasteiger partial charge on any atom is -0.389 e. The molecule has 0 aromatic heterocycles. The van der Waals surface area contributed by atoms with Crippen molar-refractivity contribution in [1.82, 2.24) is 5.32 Å². The fraction of sp³-hybridized carbons (Fsp3) is 0.571. The van der Waals surface area contributed by atoms with Crippen LogP contribution in [0.3, 0.4) is 0 Å². The van der Waals surface area contributed by atoms with Crippen molar-refractivity contribution < 1.29 is 9.50 Å². The maximum Gasteiger partial charge on any atom is 0.123 e. The average Bonchev–Trinajstić information content (AvgIpc) is 2.25. The number of hydrogen-bond acceptors (Lipinski definition) is 2. The molecule has 0 aliphatic rings. The maximum atomic E-state index is 13.1. The largest absolute Gasteiger partial charge is 0.389 e. The summed E-state index contributed by atoms with van der Waals surface area (Å²) in [6.07, 6.45) is 0. The standard InChI is InChI=1S/C14H22FNO/c1-10(2)14(4,17)9-16-11(3)12-6-5-7-13(15)8-12/h5-8,10-11,16-17H,9H2,1-4H3/t11-,14?/m0/s1. The molecule has 1 aromatic rings. The molecule has 0 saturated heterocycles. The molecular formula is C14H22FNO.